The number of fused-ring (bicyclic) bond motifs is 1. The molecule has 0 aliphatic carbocycles. The van der Waals surface area contributed by atoms with Crippen LogP contribution in [-0.4, -0.2) is 19.1 Å². The SMILES string of the molecule is Cc1cc2c(cc1CNC(=O)c1ccc(F)c(F)c1F)OCCO2. The van der Waals surface area contributed by atoms with Gasteiger partial charge < -0.3 is 14.8 Å². The van der Waals surface area contributed by atoms with Crippen LogP contribution < -0.4 is 14.8 Å². The molecule has 0 bridgehead atoms. The van der Waals surface area contributed by atoms with Crippen molar-refractivity contribution in [1.29, 1.82) is 0 Å². The largest absolute Gasteiger partial charge is 0.486 e. The third-order valence-corrected chi connectivity index (χ3v) is 3.72. The van der Waals surface area contributed by atoms with E-state index >= 15 is 0 Å². The van der Waals surface area contributed by atoms with E-state index in [4.69, 9.17) is 9.47 Å². The molecule has 3 rings (SSSR count). The molecule has 1 amide bonds. The van der Waals surface area contributed by atoms with Crippen LogP contribution in [0.25, 0.3) is 0 Å². The highest BCUT2D eigenvalue weighted by Crippen LogP contribution is 2.33. The van der Waals surface area contributed by atoms with Gasteiger partial charge in [0, 0.05) is 6.54 Å². The number of halogens is 3. The lowest BCUT2D eigenvalue weighted by molar-refractivity contribution is 0.0945. The Bertz CT molecular complexity index is 808. The molecule has 0 fully saturated rings. The van der Waals surface area contributed by atoms with Gasteiger partial charge in [-0.25, -0.2) is 13.2 Å². The lowest BCUT2D eigenvalue weighted by Gasteiger charge is -2.20. The van der Waals surface area contributed by atoms with E-state index in [1.807, 2.05) is 6.92 Å². The molecule has 0 spiro atoms. The average Bonchev–Trinajstić information content (AvgIpc) is 2.57. The minimum absolute atomic E-state index is 0.0831. The van der Waals surface area contributed by atoms with Gasteiger partial charge in [0.25, 0.3) is 5.91 Å². The number of amides is 1. The number of ether oxygens (including phenoxy) is 2. The summed E-state index contributed by atoms with van der Waals surface area (Å²) in [6.07, 6.45) is 0. The molecule has 0 saturated carbocycles. The Labute approximate surface area is 136 Å². The highest BCUT2D eigenvalue weighted by atomic mass is 19.2. The summed E-state index contributed by atoms with van der Waals surface area (Å²) in [6.45, 7) is 2.82. The van der Waals surface area contributed by atoms with Crippen molar-refractivity contribution in [3.63, 3.8) is 0 Å². The van der Waals surface area contributed by atoms with E-state index in [1.165, 1.54) is 0 Å². The molecule has 0 radical (unpaired) electrons. The molecule has 0 saturated heterocycles. The first-order valence-electron chi connectivity index (χ1n) is 7.28. The van der Waals surface area contributed by atoms with Crippen molar-refractivity contribution in [2.24, 2.45) is 0 Å². The number of hydrogen-bond acceptors (Lipinski definition) is 3. The third kappa shape index (κ3) is 3.02. The van der Waals surface area contributed by atoms with Crippen molar-refractivity contribution in [3.8, 4) is 11.5 Å². The maximum Gasteiger partial charge on any atom is 0.254 e. The fourth-order valence-corrected chi connectivity index (χ4v) is 2.39. The van der Waals surface area contributed by atoms with E-state index in [0.29, 0.717) is 30.8 Å². The molecular weight excluding hydrogens is 323 g/mol. The Balaban J connectivity index is 1.76. The number of carbonyl (C=O) groups excluding carboxylic acids is 1. The standard InChI is InChI=1S/C17H14F3NO3/c1-9-6-13-14(24-5-4-23-13)7-10(9)8-21-17(22)11-2-3-12(18)16(20)15(11)19/h2-3,6-7H,4-5,8H2,1H3,(H,21,22). The second-order valence-corrected chi connectivity index (χ2v) is 5.33. The summed E-state index contributed by atoms with van der Waals surface area (Å²) in [7, 11) is 0. The second-order valence-electron chi connectivity index (χ2n) is 5.33. The van der Waals surface area contributed by atoms with E-state index in [9.17, 15) is 18.0 Å². The first kappa shape index (κ1) is 16.2. The molecule has 1 aliphatic rings. The Hall–Kier alpha value is -2.70. The van der Waals surface area contributed by atoms with Crippen LogP contribution >= 0.6 is 0 Å². The van der Waals surface area contributed by atoms with Crippen LogP contribution in [0.1, 0.15) is 21.5 Å². The number of benzene rings is 2. The van der Waals surface area contributed by atoms with E-state index in [-0.39, 0.29) is 6.54 Å². The normalized spacial score (nSPS) is 12.8. The van der Waals surface area contributed by atoms with Crippen molar-refractivity contribution in [3.05, 3.63) is 58.4 Å². The zero-order chi connectivity index (χ0) is 17.3. The molecule has 7 heteroatoms. The van der Waals surface area contributed by atoms with E-state index in [2.05, 4.69) is 5.32 Å². The van der Waals surface area contributed by atoms with Gasteiger partial charge in [0.1, 0.15) is 13.2 Å². The van der Waals surface area contributed by atoms with Gasteiger partial charge in [0.15, 0.2) is 29.0 Å². The summed E-state index contributed by atoms with van der Waals surface area (Å²) < 4.78 is 50.7. The molecule has 2 aromatic rings. The van der Waals surface area contributed by atoms with Crippen molar-refractivity contribution in [2.45, 2.75) is 13.5 Å². The van der Waals surface area contributed by atoms with Crippen LogP contribution in [0.4, 0.5) is 13.2 Å². The summed E-state index contributed by atoms with van der Waals surface area (Å²) in [5.41, 5.74) is 1.05. The highest BCUT2D eigenvalue weighted by molar-refractivity contribution is 5.94. The lowest BCUT2D eigenvalue weighted by Crippen LogP contribution is -2.25. The Morgan fingerprint density at radius 1 is 1.08 bits per heavy atom. The van der Waals surface area contributed by atoms with Gasteiger partial charge >= 0.3 is 0 Å². The molecule has 0 atom stereocenters. The van der Waals surface area contributed by atoms with Crippen LogP contribution in [0.5, 0.6) is 11.5 Å². The number of carbonyl (C=O) groups is 1. The van der Waals surface area contributed by atoms with Gasteiger partial charge in [-0.05, 0) is 42.3 Å². The fourth-order valence-electron chi connectivity index (χ4n) is 2.39. The maximum absolute atomic E-state index is 13.6. The zero-order valence-electron chi connectivity index (χ0n) is 12.8. The monoisotopic (exact) mass is 337 g/mol. The van der Waals surface area contributed by atoms with Crippen LogP contribution in [0.3, 0.4) is 0 Å². The molecule has 1 aliphatic heterocycles. The van der Waals surface area contributed by atoms with Gasteiger partial charge in [-0.3, -0.25) is 4.79 Å². The van der Waals surface area contributed by atoms with E-state index < -0.39 is 28.9 Å². The zero-order valence-corrected chi connectivity index (χ0v) is 12.8. The third-order valence-electron chi connectivity index (χ3n) is 3.72. The lowest BCUT2D eigenvalue weighted by atomic mass is 10.1. The summed E-state index contributed by atoms with van der Waals surface area (Å²) in [6, 6.07) is 5.13. The minimum Gasteiger partial charge on any atom is -0.486 e. The summed E-state index contributed by atoms with van der Waals surface area (Å²) in [4.78, 5) is 12.0. The van der Waals surface area contributed by atoms with Gasteiger partial charge in [-0.1, -0.05) is 0 Å². The average molecular weight is 337 g/mol. The topological polar surface area (TPSA) is 47.6 Å². The Morgan fingerprint density at radius 2 is 1.75 bits per heavy atom. The first-order valence-corrected chi connectivity index (χ1v) is 7.28. The van der Waals surface area contributed by atoms with Gasteiger partial charge in [0.2, 0.25) is 0 Å². The van der Waals surface area contributed by atoms with Crippen molar-refractivity contribution in [2.75, 3.05) is 13.2 Å². The molecule has 126 valence electrons. The van der Waals surface area contributed by atoms with Crippen LogP contribution in [-0.2, 0) is 6.54 Å². The molecular formula is C17H14F3NO3. The van der Waals surface area contributed by atoms with Crippen molar-refractivity contribution < 1.29 is 27.4 Å². The fraction of sp³-hybridized carbons (Fsp3) is 0.235. The highest BCUT2D eigenvalue weighted by Gasteiger charge is 2.19. The predicted molar refractivity (Wildman–Crippen MR) is 79.7 cm³/mol. The molecule has 4 nitrogen and oxygen atoms in total. The minimum atomic E-state index is -1.67. The van der Waals surface area contributed by atoms with Crippen LogP contribution in [0.2, 0.25) is 0 Å². The molecule has 0 unspecified atom stereocenters. The molecule has 24 heavy (non-hydrogen) atoms. The molecule has 1 heterocycles. The smallest absolute Gasteiger partial charge is 0.254 e. The summed E-state index contributed by atoms with van der Waals surface area (Å²) in [5.74, 6) is -4.16. The quantitative estimate of drug-likeness (QED) is 0.876. The maximum atomic E-state index is 13.6. The molecule has 1 N–H and O–H groups in total. The van der Waals surface area contributed by atoms with Crippen molar-refractivity contribution >= 4 is 5.91 Å². The number of rotatable bonds is 3. The predicted octanol–water partition coefficient (Wildman–Crippen LogP) is 3.11. The molecule has 0 aromatic heterocycles. The van der Waals surface area contributed by atoms with E-state index in [0.717, 1.165) is 17.2 Å². The number of aryl methyl sites for hydroxylation is 1. The van der Waals surface area contributed by atoms with Crippen LogP contribution in [0.15, 0.2) is 24.3 Å². The van der Waals surface area contributed by atoms with Gasteiger partial charge in [0.05, 0.1) is 5.56 Å². The second kappa shape index (κ2) is 6.43. The van der Waals surface area contributed by atoms with Gasteiger partial charge in [-0.15, -0.1) is 0 Å². The van der Waals surface area contributed by atoms with Gasteiger partial charge in [-0.2, -0.15) is 0 Å². The number of hydrogen-bond donors (Lipinski definition) is 1. The summed E-state index contributed by atoms with van der Waals surface area (Å²) >= 11 is 0. The Kier molecular flexibility index (Phi) is 4.33. The van der Waals surface area contributed by atoms with Crippen LogP contribution in [0, 0.1) is 24.4 Å². The summed E-state index contributed by atoms with van der Waals surface area (Å²) in [5, 5.41) is 2.49. The first-order chi connectivity index (χ1) is 11.5. The Morgan fingerprint density at radius 3 is 2.46 bits per heavy atom. The molecule has 2 aromatic carbocycles. The van der Waals surface area contributed by atoms with Crippen molar-refractivity contribution in [1.82, 2.24) is 5.32 Å². The number of nitrogens with one attached hydrogen (secondary N) is 1. The van der Waals surface area contributed by atoms with E-state index in [1.54, 1.807) is 12.1 Å².